The second-order valence-electron chi connectivity index (χ2n) is 6.49. The monoisotopic (exact) mass is 317 g/mol. The van der Waals surface area contributed by atoms with Crippen LogP contribution in [0.15, 0.2) is 24.3 Å². The van der Waals surface area contributed by atoms with Gasteiger partial charge in [0.15, 0.2) is 0 Å². The lowest BCUT2D eigenvalue weighted by atomic mass is 9.99. The van der Waals surface area contributed by atoms with Gasteiger partial charge in [-0.2, -0.15) is 0 Å². The molecule has 1 aromatic rings. The van der Waals surface area contributed by atoms with Crippen LogP contribution < -0.4 is 15.4 Å². The minimum atomic E-state index is 0.146. The molecule has 5 heteroatoms. The van der Waals surface area contributed by atoms with Crippen molar-refractivity contribution in [2.45, 2.75) is 25.3 Å². The maximum Gasteiger partial charge on any atom is 0.225 e. The Labute approximate surface area is 138 Å². The van der Waals surface area contributed by atoms with Crippen molar-refractivity contribution < 1.29 is 9.53 Å². The van der Waals surface area contributed by atoms with Gasteiger partial charge in [-0.1, -0.05) is 18.6 Å². The predicted molar refractivity (Wildman–Crippen MR) is 90.5 cm³/mol. The van der Waals surface area contributed by atoms with Gasteiger partial charge in [0.25, 0.3) is 0 Å². The van der Waals surface area contributed by atoms with E-state index in [1.165, 1.54) is 24.8 Å². The standard InChI is InChI=1S/C18H27N3O2/c1-23-16-7-5-14(6-8-16)17(21-9-3-2-4-10-21)13-20-18(22)15-11-19-12-15/h5-8,15,17,19H,2-4,9-13H2,1H3,(H,20,22). The SMILES string of the molecule is COc1ccc(C(CNC(=O)C2CNC2)N2CCCCC2)cc1. The Morgan fingerprint density at radius 1 is 1.26 bits per heavy atom. The minimum Gasteiger partial charge on any atom is -0.497 e. The van der Waals surface area contributed by atoms with Crippen molar-refractivity contribution in [3.8, 4) is 5.75 Å². The number of likely N-dealkylation sites (tertiary alicyclic amines) is 1. The Bertz CT molecular complexity index is 508. The molecule has 0 aliphatic carbocycles. The fourth-order valence-electron chi connectivity index (χ4n) is 3.33. The quantitative estimate of drug-likeness (QED) is 0.836. The van der Waals surface area contributed by atoms with Crippen LogP contribution in [0.25, 0.3) is 0 Å². The maximum atomic E-state index is 12.2. The summed E-state index contributed by atoms with van der Waals surface area (Å²) in [5.41, 5.74) is 1.25. The molecule has 2 aliphatic rings. The van der Waals surface area contributed by atoms with Crippen LogP contribution in [0, 0.1) is 5.92 Å². The van der Waals surface area contributed by atoms with E-state index in [4.69, 9.17) is 4.74 Å². The molecule has 2 aliphatic heterocycles. The largest absolute Gasteiger partial charge is 0.497 e. The van der Waals surface area contributed by atoms with Crippen molar-refractivity contribution in [2.75, 3.05) is 39.8 Å². The normalized spacial score (nSPS) is 20.6. The van der Waals surface area contributed by atoms with Crippen molar-refractivity contribution in [1.29, 1.82) is 0 Å². The summed E-state index contributed by atoms with van der Waals surface area (Å²) in [7, 11) is 1.68. The van der Waals surface area contributed by atoms with Gasteiger partial charge < -0.3 is 15.4 Å². The highest BCUT2D eigenvalue weighted by Gasteiger charge is 2.27. The van der Waals surface area contributed by atoms with Gasteiger partial charge in [-0.3, -0.25) is 9.69 Å². The first-order valence-corrected chi connectivity index (χ1v) is 8.64. The highest BCUT2D eigenvalue weighted by molar-refractivity contribution is 5.80. The summed E-state index contributed by atoms with van der Waals surface area (Å²) in [6, 6.07) is 8.50. The molecule has 1 aromatic carbocycles. The van der Waals surface area contributed by atoms with Gasteiger partial charge in [0.2, 0.25) is 5.91 Å². The lowest BCUT2D eigenvalue weighted by molar-refractivity contribution is -0.126. The molecule has 2 fully saturated rings. The minimum absolute atomic E-state index is 0.146. The first-order chi connectivity index (χ1) is 11.3. The molecule has 3 rings (SSSR count). The van der Waals surface area contributed by atoms with Crippen molar-refractivity contribution in [3.05, 3.63) is 29.8 Å². The van der Waals surface area contributed by atoms with Gasteiger partial charge in [0, 0.05) is 19.6 Å². The van der Waals surface area contributed by atoms with E-state index >= 15 is 0 Å². The van der Waals surface area contributed by atoms with Crippen molar-refractivity contribution in [1.82, 2.24) is 15.5 Å². The molecule has 126 valence electrons. The molecule has 5 nitrogen and oxygen atoms in total. The van der Waals surface area contributed by atoms with Gasteiger partial charge >= 0.3 is 0 Å². The number of amides is 1. The number of carbonyl (C=O) groups excluding carboxylic acids is 1. The van der Waals surface area contributed by atoms with Crippen LogP contribution >= 0.6 is 0 Å². The number of nitrogens with one attached hydrogen (secondary N) is 2. The molecule has 1 amide bonds. The van der Waals surface area contributed by atoms with Crippen LogP contribution in [0.4, 0.5) is 0 Å². The van der Waals surface area contributed by atoms with Crippen molar-refractivity contribution in [2.24, 2.45) is 5.92 Å². The Kier molecular flexibility index (Phi) is 5.51. The third kappa shape index (κ3) is 4.03. The van der Waals surface area contributed by atoms with E-state index in [1.807, 2.05) is 12.1 Å². The number of carbonyl (C=O) groups is 1. The number of ether oxygens (including phenoxy) is 1. The number of rotatable bonds is 6. The molecule has 0 saturated carbocycles. The Morgan fingerprint density at radius 3 is 2.52 bits per heavy atom. The molecular formula is C18H27N3O2. The number of hydrogen-bond donors (Lipinski definition) is 2. The number of methoxy groups -OCH3 is 1. The number of piperidine rings is 1. The molecule has 1 atom stereocenters. The Morgan fingerprint density at radius 2 is 1.96 bits per heavy atom. The summed E-state index contributed by atoms with van der Waals surface area (Å²) < 4.78 is 5.26. The van der Waals surface area contributed by atoms with E-state index in [9.17, 15) is 4.79 Å². The highest BCUT2D eigenvalue weighted by atomic mass is 16.5. The van der Waals surface area contributed by atoms with Crippen LogP contribution in [-0.4, -0.2) is 50.6 Å². The summed E-state index contributed by atoms with van der Waals surface area (Å²) in [5, 5.41) is 6.31. The molecule has 1 unspecified atom stereocenters. The molecule has 0 spiro atoms. The van der Waals surface area contributed by atoms with Gasteiger partial charge in [-0.15, -0.1) is 0 Å². The number of hydrogen-bond acceptors (Lipinski definition) is 4. The lowest BCUT2D eigenvalue weighted by Crippen LogP contribution is -2.52. The van der Waals surface area contributed by atoms with E-state index in [-0.39, 0.29) is 17.9 Å². The average Bonchev–Trinajstić information content (AvgIpc) is 2.55. The van der Waals surface area contributed by atoms with E-state index < -0.39 is 0 Å². The molecule has 0 radical (unpaired) electrons. The van der Waals surface area contributed by atoms with Crippen LogP contribution in [0.3, 0.4) is 0 Å². The average molecular weight is 317 g/mol. The third-order valence-electron chi connectivity index (χ3n) is 4.95. The first kappa shape index (κ1) is 16.3. The van der Waals surface area contributed by atoms with Gasteiger partial charge in [-0.05, 0) is 43.6 Å². The third-order valence-corrected chi connectivity index (χ3v) is 4.95. The summed E-state index contributed by atoms with van der Waals surface area (Å²) in [5.74, 6) is 1.20. The number of nitrogens with zero attached hydrogens (tertiary/aromatic N) is 1. The second-order valence-corrected chi connectivity index (χ2v) is 6.49. The van der Waals surface area contributed by atoms with E-state index in [2.05, 4.69) is 27.7 Å². The molecule has 2 saturated heterocycles. The zero-order valence-corrected chi connectivity index (χ0v) is 13.9. The first-order valence-electron chi connectivity index (χ1n) is 8.64. The highest BCUT2D eigenvalue weighted by Crippen LogP contribution is 2.26. The van der Waals surface area contributed by atoms with E-state index in [1.54, 1.807) is 7.11 Å². The van der Waals surface area contributed by atoms with E-state index in [0.717, 1.165) is 31.9 Å². The lowest BCUT2D eigenvalue weighted by Gasteiger charge is -2.36. The van der Waals surface area contributed by atoms with Crippen LogP contribution in [0.2, 0.25) is 0 Å². The van der Waals surface area contributed by atoms with Crippen LogP contribution in [0.1, 0.15) is 30.9 Å². The zero-order valence-electron chi connectivity index (χ0n) is 13.9. The summed E-state index contributed by atoms with van der Waals surface area (Å²) in [6.45, 7) is 4.52. The molecule has 2 heterocycles. The maximum absolute atomic E-state index is 12.2. The second kappa shape index (κ2) is 7.79. The molecule has 0 bridgehead atoms. The van der Waals surface area contributed by atoms with Gasteiger partial charge in [0.05, 0.1) is 19.1 Å². The fourth-order valence-corrected chi connectivity index (χ4v) is 3.33. The smallest absolute Gasteiger partial charge is 0.225 e. The van der Waals surface area contributed by atoms with Crippen molar-refractivity contribution in [3.63, 3.8) is 0 Å². The molecule has 0 aromatic heterocycles. The summed E-state index contributed by atoms with van der Waals surface area (Å²) in [4.78, 5) is 14.7. The van der Waals surface area contributed by atoms with E-state index in [0.29, 0.717) is 6.54 Å². The topological polar surface area (TPSA) is 53.6 Å². The van der Waals surface area contributed by atoms with Gasteiger partial charge in [-0.25, -0.2) is 0 Å². The van der Waals surface area contributed by atoms with Crippen molar-refractivity contribution >= 4 is 5.91 Å². The van der Waals surface area contributed by atoms with Crippen LogP contribution in [0.5, 0.6) is 5.75 Å². The van der Waals surface area contributed by atoms with Gasteiger partial charge in [0.1, 0.15) is 5.75 Å². The fraction of sp³-hybridized carbons (Fsp3) is 0.611. The molecule has 23 heavy (non-hydrogen) atoms. The predicted octanol–water partition coefficient (Wildman–Crippen LogP) is 1.56. The molecular weight excluding hydrogens is 290 g/mol. The summed E-state index contributed by atoms with van der Waals surface area (Å²) in [6.07, 6.45) is 3.80. The Balaban J connectivity index is 1.67. The Hall–Kier alpha value is -1.59. The molecule has 2 N–H and O–H groups in total. The zero-order chi connectivity index (χ0) is 16.1. The number of benzene rings is 1. The van der Waals surface area contributed by atoms with Crippen LogP contribution in [-0.2, 0) is 4.79 Å². The summed E-state index contributed by atoms with van der Waals surface area (Å²) >= 11 is 0.